The molecule has 0 aromatic heterocycles. The molecule has 1 atom stereocenters. The molecule has 0 spiro atoms. The van der Waals surface area contributed by atoms with Crippen LogP contribution >= 0.6 is 0 Å². The van der Waals surface area contributed by atoms with Gasteiger partial charge in [-0.2, -0.15) is 0 Å². The lowest BCUT2D eigenvalue weighted by molar-refractivity contribution is -0.143. The van der Waals surface area contributed by atoms with E-state index in [0.29, 0.717) is 26.1 Å². The van der Waals surface area contributed by atoms with Gasteiger partial charge in [0.25, 0.3) is 0 Å². The van der Waals surface area contributed by atoms with Gasteiger partial charge in [-0.25, -0.2) is 4.79 Å². The number of amides is 1. The molecule has 1 aliphatic heterocycles. The van der Waals surface area contributed by atoms with Gasteiger partial charge in [-0.05, 0) is 45.7 Å². The zero-order chi connectivity index (χ0) is 19.3. The van der Waals surface area contributed by atoms with Gasteiger partial charge in [0.1, 0.15) is 5.60 Å². The molecule has 2 rings (SSSR count). The molecule has 7 nitrogen and oxygen atoms in total. The fourth-order valence-corrected chi connectivity index (χ4v) is 2.84. The molecule has 1 unspecified atom stereocenters. The molecule has 0 saturated carbocycles. The smallest absolute Gasteiger partial charge is 0.413 e. The number of rotatable bonds is 5. The lowest BCUT2D eigenvalue weighted by atomic mass is 10.1. The first-order chi connectivity index (χ1) is 12.2. The van der Waals surface area contributed by atoms with E-state index < -0.39 is 18.0 Å². The van der Waals surface area contributed by atoms with Crippen molar-refractivity contribution in [2.75, 3.05) is 24.6 Å². The van der Waals surface area contributed by atoms with E-state index in [0.717, 1.165) is 11.3 Å². The van der Waals surface area contributed by atoms with E-state index in [9.17, 15) is 14.7 Å². The van der Waals surface area contributed by atoms with Crippen molar-refractivity contribution in [3.8, 4) is 0 Å². The van der Waals surface area contributed by atoms with E-state index in [2.05, 4.69) is 0 Å². The number of anilines is 1. The van der Waals surface area contributed by atoms with Crippen LogP contribution in [-0.2, 0) is 20.7 Å². The predicted octanol–water partition coefficient (Wildman–Crippen LogP) is 2.52. The van der Waals surface area contributed by atoms with Crippen LogP contribution in [-0.4, -0.2) is 53.7 Å². The second kappa shape index (κ2) is 8.40. The first-order valence-corrected chi connectivity index (χ1v) is 8.91. The minimum absolute atomic E-state index is 0.250. The van der Waals surface area contributed by atoms with Gasteiger partial charge >= 0.3 is 12.1 Å². The van der Waals surface area contributed by atoms with Crippen LogP contribution in [0.2, 0.25) is 0 Å². The predicted molar refractivity (Wildman–Crippen MR) is 97.7 cm³/mol. The quantitative estimate of drug-likeness (QED) is 0.809. The van der Waals surface area contributed by atoms with Gasteiger partial charge in [-0.1, -0.05) is 18.2 Å². The average Bonchev–Trinajstić information content (AvgIpc) is 2.93. The molecular formula is C19H28N2O5. The number of hydrogen-bond donors (Lipinski definition) is 1. The Bertz CT molecular complexity index is 641. The molecule has 1 aliphatic rings. The van der Waals surface area contributed by atoms with Gasteiger partial charge in [0.15, 0.2) is 0 Å². The second-order valence-electron chi connectivity index (χ2n) is 7.15. The van der Waals surface area contributed by atoms with E-state index in [1.54, 1.807) is 32.6 Å². The molecule has 1 N–H and O–H groups in total. The summed E-state index contributed by atoms with van der Waals surface area (Å²) in [5, 5.41) is 10.6. The van der Waals surface area contributed by atoms with Gasteiger partial charge in [0.05, 0.1) is 6.61 Å². The number of benzene rings is 1. The third-order valence-electron chi connectivity index (χ3n) is 3.97. The molecule has 0 radical (unpaired) electrons. The zero-order valence-electron chi connectivity index (χ0n) is 15.9. The largest absolute Gasteiger partial charge is 0.466 e. The highest BCUT2D eigenvalue weighted by Crippen LogP contribution is 2.28. The van der Waals surface area contributed by atoms with Crippen LogP contribution in [0.3, 0.4) is 0 Å². The molecule has 1 aromatic rings. The van der Waals surface area contributed by atoms with Crippen molar-refractivity contribution in [2.24, 2.45) is 0 Å². The van der Waals surface area contributed by atoms with Crippen molar-refractivity contribution in [1.29, 1.82) is 0 Å². The van der Waals surface area contributed by atoms with Crippen LogP contribution in [0, 0.1) is 0 Å². The summed E-state index contributed by atoms with van der Waals surface area (Å²) in [4.78, 5) is 26.9. The van der Waals surface area contributed by atoms with Gasteiger partial charge in [0.2, 0.25) is 6.35 Å². The number of para-hydroxylation sites is 1. The number of carbonyl (C=O) groups excluding carboxylic acids is 2. The summed E-state index contributed by atoms with van der Waals surface area (Å²) in [7, 11) is 0. The molecule has 0 bridgehead atoms. The lowest BCUT2D eigenvalue weighted by Gasteiger charge is -2.30. The molecule has 1 saturated heterocycles. The topological polar surface area (TPSA) is 79.3 Å². The summed E-state index contributed by atoms with van der Waals surface area (Å²) in [5.74, 6) is -0.250. The number of esters is 1. The molecule has 1 heterocycles. The summed E-state index contributed by atoms with van der Waals surface area (Å²) in [5.41, 5.74) is 1.10. The maximum absolute atomic E-state index is 12.3. The van der Waals surface area contributed by atoms with Crippen molar-refractivity contribution in [2.45, 2.75) is 52.5 Å². The van der Waals surface area contributed by atoms with Gasteiger partial charge in [-0.3, -0.25) is 9.69 Å². The number of carbonyl (C=O) groups is 2. The molecule has 1 amide bonds. The fraction of sp³-hybridized carbons (Fsp3) is 0.579. The van der Waals surface area contributed by atoms with E-state index in [1.165, 1.54) is 4.90 Å². The van der Waals surface area contributed by atoms with E-state index in [-0.39, 0.29) is 12.4 Å². The van der Waals surface area contributed by atoms with Crippen LogP contribution in [0.1, 0.15) is 39.7 Å². The second-order valence-corrected chi connectivity index (χ2v) is 7.15. The standard InChI is InChI=1S/C19H28N2O5/c1-5-25-16(22)11-10-14-8-6-7-9-15(14)20-12-13-21(17(20)23)18(24)26-19(2,3)4/h6-9,17,23H,5,10-13H2,1-4H3. The molecular weight excluding hydrogens is 336 g/mol. The monoisotopic (exact) mass is 364 g/mol. The number of hydrogen-bond acceptors (Lipinski definition) is 6. The summed E-state index contributed by atoms with van der Waals surface area (Å²) < 4.78 is 10.3. The van der Waals surface area contributed by atoms with E-state index >= 15 is 0 Å². The van der Waals surface area contributed by atoms with Crippen LogP contribution in [0.15, 0.2) is 24.3 Å². The number of aliphatic hydroxyl groups excluding tert-OH is 1. The Balaban J connectivity index is 2.09. The number of nitrogens with zero attached hydrogens (tertiary/aromatic N) is 2. The third kappa shape index (κ3) is 5.11. The molecule has 7 heteroatoms. The maximum atomic E-state index is 12.3. The zero-order valence-corrected chi connectivity index (χ0v) is 15.9. The first kappa shape index (κ1) is 20.0. The maximum Gasteiger partial charge on any atom is 0.413 e. The van der Waals surface area contributed by atoms with E-state index in [4.69, 9.17) is 9.47 Å². The molecule has 1 aromatic carbocycles. The lowest BCUT2D eigenvalue weighted by Crippen LogP contribution is -2.44. The van der Waals surface area contributed by atoms with Gasteiger partial charge in [-0.15, -0.1) is 0 Å². The van der Waals surface area contributed by atoms with Crippen molar-refractivity contribution in [1.82, 2.24) is 4.90 Å². The first-order valence-electron chi connectivity index (χ1n) is 8.91. The summed E-state index contributed by atoms with van der Waals surface area (Å²) in [6.07, 6.45) is -0.875. The minimum atomic E-state index is -1.10. The molecule has 0 aliphatic carbocycles. The molecule has 144 valence electrons. The Kier molecular flexibility index (Phi) is 6.47. The summed E-state index contributed by atoms with van der Waals surface area (Å²) in [6.45, 7) is 8.34. The van der Waals surface area contributed by atoms with Gasteiger partial charge in [0, 0.05) is 25.2 Å². The normalized spacial score (nSPS) is 17.3. The Morgan fingerprint density at radius 1 is 1.23 bits per heavy atom. The van der Waals surface area contributed by atoms with Crippen LogP contribution in [0.25, 0.3) is 0 Å². The fourth-order valence-electron chi connectivity index (χ4n) is 2.84. The van der Waals surface area contributed by atoms with Crippen molar-refractivity contribution >= 4 is 17.7 Å². The van der Waals surface area contributed by atoms with Crippen molar-refractivity contribution < 1.29 is 24.2 Å². The molecule has 26 heavy (non-hydrogen) atoms. The van der Waals surface area contributed by atoms with Crippen molar-refractivity contribution in [3.05, 3.63) is 29.8 Å². The van der Waals surface area contributed by atoms with Gasteiger partial charge < -0.3 is 19.5 Å². The molecule has 1 fully saturated rings. The van der Waals surface area contributed by atoms with E-state index in [1.807, 2.05) is 24.3 Å². The van der Waals surface area contributed by atoms with Crippen molar-refractivity contribution in [3.63, 3.8) is 0 Å². The van der Waals surface area contributed by atoms with Crippen LogP contribution in [0.5, 0.6) is 0 Å². The number of ether oxygens (including phenoxy) is 2. The highest BCUT2D eigenvalue weighted by Gasteiger charge is 2.37. The highest BCUT2D eigenvalue weighted by molar-refractivity contribution is 5.71. The number of aryl methyl sites for hydroxylation is 1. The third-order valence-corrected chi connectivity index (χ3v) is 3.97. The van der Waals surface area contributed by atoms with Crippen LogP contribution < -0.4 is 4.90 Å². The Morgan fingerprint density at radius 3 is 2.58 bits per heavy atom. The minimum Gasteiger partial charge on any atom is -0.466 e. The SMILES string of the molecule is CCOC(=O)CCc1ccccc1N1CCN(C(=O)OC(C)(C)C)C1O. The average molecular weight is 364 g/mol. The van der Waals surface area contributed by atoms with Crippen LogP contribution in [0.4, 0.5) is 10.5 Å². The Hall–Kier alpha value is -2.28. The summed E-state index contributed by atoms with van der Waals surface area (Å²) >= 11 is 0. The highest BCUT2D eigenvalue weighted by atomic mass is 16.6. The summed E-state index contributed by atoms with van der Waals surface area (Å²) in [6, 6.07) is 7.55. The Morgan fingerprint density at radius 2 is 1.92 bits per heavy atom. The Labute approximate surface area is 154 Å². The number of aliphatic hydroxyl groups is 1.